The number of hydrogen-bond acceptors (Lipinski definition) is 2. The number of rotatable bonds is 5. The van der Waals surface area contributed by atoms with Crippen molar-refractivity contribution in [1.29, 1.82) is 0 Å². The van der Waals surface area contributed by atoms with Crippen molar-refractivity contribution in [2.45, 2.75) is 38.5 Å². The third kappa shape index (κ3) is 4.53. The second-order valence-corrected chi connectivity index (χ2v) is 5.05. The van der Waals surface area contributed by atoms with Gasteiger partial charge in [-0.05, 0) is 20.4 Å². The van der Waals surface area contributed by atoms with Crippen molar-refractivity contribution in [2.75, 3.05) is 12.8 Å². The Morgan fingerprint density at radius 2 is 2.00 bits per heavy atom. The Bertz CT molecular complexity index is 127. The summed E-state index contributed by atoms with van der Waals surface area (Å²) in [5, 5.41) is 3.46. The van der Waals surface area contributed by atoms with Crippen molar-refractivity contribution >= 4 is 10.8 Å². The molecule has 0 bridgehead atoms. The molecule has 0 spiro atoms. The van der Waals surface area contributed by atoms with E-state index in [9.17, 15) is 4.21 Å². The van der Waals surface area contributed by atoms with Gasteiger partial charge in [0.15, 0.2) is 0 Å². The van der Waals surface area contributed by atoms with E-state index in [0.29, 0.717) is 11.3 Å². The molecular formula is C8H19NOS. The van der Waals surface area contributed by atoms with Crippen LogP contribution in [0.25, 0.3) is 0 Å². The first kappa shape index (κ1) is 11.1. The third-order valence-corrected chi connectivity index (χ3v) is 3.57. The highest BCUT2D eigenvalue weighted by atomic mass is 32.2. The summed E-state index contributed by atoms with van der Waals surface area (Å²) in [6.45, 7) is 6.13. The first-order chi connectivity index (χ1) is 5.11. The highest BCUT2D eigenvalue weighted by Crippen LogP contribution is 2.04. The van der Waals surface area contributed by atoms with E-state index in [2.05, 4.69) is 12.2 Å². The van der Waals surface area contributed by atoms with E-state index in [-0.39, 0.29) is 0 Å². The molecule has 3 heteroatoms. The zero-order valence-electron chi connectivity index (χ0n) is 7.89. The highest BCUT2D eigenvalue weighted by Gasteiger charge is 2.11. The van der Waals surface area contributed by atoms with Gasteiger partial charge in [-0.15, -0.1) is 0 Å². The molecule has 0 amide bonds. The van der Waals surface area contributed by atoms with Crippen molar-refractivity contribution in [1.82, 2.24) is 5.32 Å². The van der Waals surface area contributed by atoms with Gasteiger partial charge in [-0.25, -0.2) is 0 Å². The monoisotopic (exact) mass is 177 g/mol. The number of nitrogens with one attached hydrogen (secondary N) is 1. The molecule has 0 aromatic carbocycles. The van der Waals surface area contributed by atoms with Crippen LogP contribution in [0, 0.1) is 0 Å². The number of hydrogen-bond donors (Lipinski definition) is 1. The zero-order chi connectivity index (χ0) is 8.85. The summed E-state index contributed by atoms with van der Waals surface area (Å²) in [5.74, 6) is 0.775. The average Bonchev–Trinajstić information content (AvgIpc) is 2.02. The smallest absolute Gasteiger partial charge is 0.0334 e. The van der Waals surface area contributed by atoms with Gasteiger partial charge in [-0.2, -0.15) is 0 Å². The van der Waals surface area contributed by atoms with Crippen molar-refractivity contribution in [3.8, 4) is 0 Å². The summed E-state index contributed by atoms with van der Waals surface area (Å²) in [4.78, 5) is 0. The third-order valence-electron chi connectivity index (χ3n) is 1.91. The molecule has 0 aliphatic carbocycles. The molecule has 0 aliphatic heterocycles. The molecule has 0 rings (SSSR count). The Morgan fingerprint density at radius 3 is 2.36 bits per heavy atom. The Balaban J connectivity index is 3.67. The fourth-order valence-electron chi connectivity index (χ4n) is 1.01. The molecule has 3 atom stereocenters. The van der Waals surface area contributed by atoms with E-state index in [0.717, 1.165) is 12.2 Å². The Hall–Kier alpha value is 0.110. The molecule has 3 unspecified atom stereocenters. The highest BCUT2D eigenvalue weighted by molar-refractivity contribution is 7.85. The van der Waals surface area contributed by atoms with E-state index in [1.165, 1.54) is 0 Å². The van der Waals surface area contributed by atoms with Crippen molar-refractivity contribution in [3.63, 3.8) is 0 Å². The lowest BCUT2D eigenvalue weighted by molar-refractivity contribution is 0.555. The van der Waals surface area contributed by atoms with Crippen LogP contribution in [-0.2, 0) is 10.8 Å². The van der Waals surface area contributed by atoms with Gasteiger partial charge in [0.2, 0.25) is 0 Å². The Kier molecular flexibility index (Phi) is 5.78. The first-order valence-electron chi connectivity index (χ1n) is 4.16. The molecule has 1 N–H and O–H groups in total. The van der Waals surface area contributed by atoms with Crippen LogP contribution in [0.2, 0.25) is 0 Å². The van der Waals surface area contributed by atoms with Crippen LogP contribution < -0.4 is 5.32 Å². The van der Waals surface area contributed by atoms with E-state index in [1.807, 2.05) is 20.9 Å². The molecule has 0 saturated carbocycles. The van der Waals surface area contributed by atoms with Gasteiger partial charge < -0.3 is 5.32 Å². The van der Waals surface area contributed by atoms with Crippen LogP contribution in [0.15, 0.2) is 0 Å². The van der Waals surface area contributed by atoms with E-state index >= 15 is 0 Å². The first-order valence-corrected chi connectivity index (χ1v) is 5.54. The SMILES string of the molecule is CCS(=O)C(C)CC(C)NC. The summed E-state index contributed by atoms with van der Waals surface area (Å²) in [6, 6.07) is 0.473. The lowest BCUT2D eigenvalue weighted by Crippen LogP contribution is -2.27. The van der Waals surface area contributed by atoms with Crippen molar-refractivity contribution in [3.05, 3.63) is 0 Å². The summed E-state index contributed by atoms with van der Waals surface area (Å²) in [5.41, 5.74) is 0. The maximum absolute atomic E-state index is 11.2. The van der Waals surface area contributed by atoms with Gasteiger partial charge in [0.05, 0.1) is 0 Å². The van der Waals surface area contributed by atoms with Gasteiger partial charge in [0.25, 0.3) is 0 Å². The van der Waals surface area contributed by atoms with Crippen LogP contribution in [0.1, 0.15) is 27.2 Å². The summed E-state index contributed by atoms with van der Waals surface area (Å²) in [7, 11) is 1.30. The average molecular weight is 177 g/mol. The zero-order valence-corrected chi connectivity index (χ0v) is 8.70. The molecular weight excluding hydrogens is 158 g/mol. The lowest BCUT2D eigenvalue weighted by Gasteiger charge is -2.15. The maximum atomic E-state index is 11.2. The minimum Gasteiger partial charge on any atom is -0.317 e. The Labute approximate surface area is 72.2 Å². The molecule has 2 nitrogen and oxygen atoms in total. The van der Waals surface area contributed by atoms with Crippen LogP contribution in [0.5, 0.6) is 0 Å². The standard InChI is InChI=1S/C8H19NOS/c1-5-11(10)8(3)6-7(2)9-4/h7-9H,5-6H2,1-4H3. The van der Waals surface area contributed by atoms with Gasteiger partial charge in [-0.1, -0.05) is 13.8 Å². The van der Waals surface area contributed by atoms with E-state index in [4.69, 9.17) is 0 Å². The van der Waals surface area contributed by atoms with Crippen LogP contribution in [0.3, 0.4) is 0 Å². The summed E-state index contributed by atoms with van der Waals surface area (Å²) in [6.07, 6.45) is 0.997. The predicted octanol–water partition coefficient (Wildman–Crippen LogP) is 1.14. The van der Waals surface area contributed by atoms with Crippen LogP contribution >= 0.6 is 0 Å². The molecule has 0 radical (unpaired) electrons. The van der Waals surface area contributed by atoms with Gasteiger partial charge in [0.1, 0.15) is 0 Å². The molecule has 0 aliphatic rings. The molecule has 0 aromatic heterocycles. The second-order valence-electron chi connectivity index (χ2n) is 2.91. The van der Waals surface area contributed by atoms with E-state index < -0.39 is 10.8 Å². The quantitative estimate of drug-likeness (QED) is 0.682. The predicted molar refractivity (Wildman–Crippen MR) is 51.3 cm³/mol. The molecule has 11 heavy (non-hydrogen) atoms. The lowest BCUT2D eigenvalue weighted by atomic mass is 10.2. The molecule has 0 fully saturated rings. The van der Waals surface area contributed by atoms with Crippen molar-refractivity contribution in [2.24, 2.45) is 0 Å². The van der Waals surface area contributed by atoms with Crippen molar-refractivity contribution < 1.29 is 4.21 Å². The second kappa shape index (κ2) is 5.72. The summed E-state index contributed by atoms with van der Waals surface area (Å²) < 4.78 is 11.2. The minimum absolute atomic E-state index is 0.322. The van der Waals surface area contributed by atoms with Crippen LogP contribution in [0.4, 0.5) is 0 Å². The van der Waals surface area contributed by atoms with Gasteiger partial charge >= 0.3 is 0 Å². The Morgan fingerprint density at radius 1 is 1.45 bits per heavy atom. The summed E-state index contributed by atoms with van der Waals surface area (Å²) >= 11 is 0. The fraction of sp³-hybridized carbons (Fsp3) is 1.00. The molecule has 0 aromatic rings. The minimum atomic E-state index is -0.634. The molecule has 0 saturated heterocycles. The molecule has 0 heterocycles. The van der Waals surface area contributed by atoms with Gasteiger partial charge in [0, 0.05) is 27.8 Å². The fourth-order valence-corrected chi connectivity index (χ4v) is 2.08. The van der Waals surface area contributed by atoms with E-state index in [1.54, 1.807) is 0 Å². The maximum Gasteiger partial charge on any atom is 0.0334 e. The largest absolute Gasteiger partial charge is 0.317 e. The normalized spacial score (nSPS) is 19.3. The van der Waals surface area contributed by atoms with Gasteiger partial charge in [-0.3, -0.25) is 4.21 Å². The molecule has 68 valence electrons. The topological polar surface area (TPSA) is 29.1 Å². The van der Waals surface area contributed by atoms with Crippen LogP contribution in [-0.4, -0.2) is 28.3 Å².